The lowest BCUT2D eigenvalue weighted by atomic mass is 10.0. The number of rotatable bonds is 4. The molecular formula is C18H20O5. The number of ether oxygens (including phenoxy) is 4. The van der Waals surface area contributed by atoms with Crippen molar-refractivity contribution in [2.75, 3.05) is 27.4 Å². The highest BCUT2D eigenvalue weighted by Crippen LogP contribution is 2.35. The van der Waals surface area contributed by atoms with Gasteiger partial charge < -0.3 is 24.1 Å². The van der Waals surface area contributed by atoms with E-state index in [9.17, 15) is 5.11 Å². The Hall–Kier alpha value is -2.40. The maximum Gasteiger partial charge on any atom is 0.161 e. The highest BCUT2D eigenvalue weighted by atomic mass is 16.5. The second kappa shape index (κ2) is 6.79. The summed E-state index contributed by atoms with van der Waals surface area (Å²) in [7, 11) is 3.16. The Morgan fingerprint density at radius 3 is 2.17 bits per heavy atom. The Morgan fingerprint density at radius 1 is 0.870 bits per heavy atom. The number of aliphatic hydroxyl groups excluding tert-OH is 1. The van der Waals surface area contributed by atoms with Gasteiger partial charge in [-0.15, -0.1) is 0 Å². The lowest BCUT2D eigenvalue weighted by Gasteiger charge is -2.16. The van der Waals surface area contributed by atoms with E-state index in [1.807, 2.05) is 18.2 Å². The predicted molar refractivity (Wildman–Crippen MR) is 85.7 cm³/mol. The third-order valence-corrected chi connectivity index (χ3v) is 3.78. The Kier molecular flexibility index (Phi) is 4.57. The maximum atomic E-state index is 10.7. The second-order valence-corrected chi connectivity index (χ2v) is 5.31. The van der Waals surface area contributed by atoms with Gasteiger partial charge in [0.2, 0.25) is 0 Å². The third kappa shape index (κ3) is 3.35. The van der Waals surface area contributed by atoms with Gasteiger partial charge in [0, 0.05) is 12.5 Å². The molecule has 1 atom stereocenters. The summed E-state index contributed by atoms with van der Waals surface area (Å²) < 4.78 is 21.8. The Labute approximate surface area is 135 Å². The molecule has 0 bridgehead atoms. The zero-order valence-electron chi connectivity index (χ0n) is 13.2. The lowest BCUT2D eigenvalue weighted by Crippen LogP contribution is -2.02. The van der Waals surface area contributed by atoms with E-state index in [0.717, 1.165) is 12.0 Å². The molecule has 0 spiro atoms. The number of hydrogen-bond acceptors (Lipinski definition) is 5. The minimum atomic E-state index is -0.809. The summed E-state index contributed by atoms with van der Waals surface area (Å²) in [5.74, 6) is 2.64. The van der Waals surface area contributed by atoms with Crippen LogP contribution in [0.3, 0.4) is 0 Å². The molecule has 1 N–H and O–H groups in total. The van der Waals surface area contributed by atoms with E-state index < -0.39 is 6.10 Å². The van der Waals surface area contributed by atoms with Crippen LogP contribution in [0.25, 0.3) is 0 Å². The maximum absolute atomic E-state index is 10.7. The van der Waals surface area contributed by atoms with Gasteiger partial charge in [-0.1, -0.05) is 6.07 Å². The fraction of sp³-hybridized carbons (Fsp3) is 0.333. The Bertz CT molecular complexity index is 661. The molecule has 5 heteroatoms. The minimum absolute atomic E-state index is 0.611. The topological polar surface area (TPSA) is 57.2 Å². The zero-order valence-corrected chi connectivity index (χ0v) is 13.2. The van der Waals surface area contributed by atoms with Crippen molar-refractivity contribution in [3.05, 3.63) is 47.5 Å². The summed E-state index contributed by atoms with van der Waals surface area (Å²) in [5.41, 5.74) is 1.42. The molecule has 0 aliphatic carbocycles. The van der Waals surface area contributed by atoms with Crippen LogP contribution in [-0.2, 0) is 0 Å². The van der Waals surface area contributed by atoms with E-state index in [4.69, 9.17) is 18.9 Å². The summed E-state index contributed by atoms with van der Waals surface area (Å²) in [5, 5.41) is 10.7. The van der Waals surface area contributed by atoms with E-state index >= 15 is 0 Å². The van der Waals surface area contributed by atoms with Crippen molar-refractivity contribution in [1.29, 1.82) is 0 Å². The quantitative estimate of drug-likeness (QED) is 0.940. The molecular weight excluding hydrogens is 296 g/mol. The van der Waals surface area contributed by atoms with E-state index in [1.165, 1.54) is 0 Å². The molecule has 0 unspecified atom stereocenters. The largest absolute Gasteiger partial charge is 0.497 e. The first kappa shape index (κ1) is 15.5. The fourth-order valence-electron chi connectivity index (χ4n) is 2.53. The number of aliphatic hydroxyl groups is 1. The van der Waals surface area contributed by atoms with Gasteiger partial charge in [0.25, 0.3) is 0 Å². The number of fused-ring (bicyclic) bond motifs is 1. The smallest absolute Gasteiger partial charge is 0.161 e. The summed E-state index contributed by atoms with van der Waals surface area (Å²) in [6.07, 6.45) is 0.0378. The van der Waals surface area contributed by atoms with Gasteiger partial charge in [-0.05, 0) is 35.4 Å². The highest BCUT2D eigenvalue weighted by molar-refractivity contribution is 5.47. The first-order chi connectivity index (χ1) is 11.2. The van der Waals surface area contributed by atoms with Crippen molar-refractivity contribution < 1.29 is 24.1 Å². The molecule has 0 radical (unpaired) electrons. The SMILES string of the molecule is COc1cc(OC)cc([C@@H](O)c2ccc3c(c2)OCCCO3)c1. The molecule has 122 valence electrons. The summed E-state index contributed by atoms with van der Waals surface area (Å²) in [6.45, 7) is 1.25. The van der Waals surface area contributed by atoms with E-state index in [2.05, 4.69) is 0 Å². The van der Waals surface area contributed by atoms with Crippen molar-refractivity contribution in [2.24, 2.45) is 0 Å². The van der Waals surface area contributed by atoms with Crippen LogP contribution in [0.1, 0.15) is 23.7 Å². The number of methoxy groups -OCH3 is 2. The van der Waals surface area contributed by atoms with Gasteiger partial charge >= 0.3 is 0 Å². The molecule has 23 heavy (non-hydrogen) atoms. The fourth-order valence-corrected chi connectivity index (χ4v) is 2.53. The van der Waals surface area contributed by atoms with Crippen LogP contribution >= 0.6 is 0 Å². The minimum Gasteiger partial charge on any atom is -0.497 e. The molecule has 1 heterocycles. The van der Waals surface area contributed by atoms with Crippen LogP contribution in [0.4, 0.5) is 0 Å². The van der Waals surface area contributed by atoms with Crippen LogP contribution < -0.4 is 18.9 Å². The normalized spacial score (nSPS) is 14.7. The average Bonchev–Trinajstić information content (AvgIpc) is 2.85. The molecule has 2 aromatic carbocycles. The van der Waals surface area contributed by atoms with Gasteiger partial charge in [-0.3, -0.25) is 0 Å². The van der Waals surface area contributed by atoms with Crippen molar-refractivity contribution in [2.45, 2.75) is 12.5 Å². The molecule has 0 amide bonds. The average molecular weight is 316 g/mol. The van der Waals surface area contributed by atoms with Crippen LogP contribution in [0.5, 0.6) is 23.0 Å². The molecule has 1 aliphatic rings. The first-order valence-corrected chi connectivity index (χ1v) is 7.52. The first-order valence-electron chi connectivity index (χ1n) is 7.52. The molecule has 2 aromatic rings. The van der Waals surface area contributed by atoms with Gasteiger partial charge in [-0.25, -0.2) is 0 Å². The molecule has 0 saturated carbocycles. The number of benzene rings is 2. The third-order valence-electron chi connectivity index (χ3n) is 3.78. The predicted octanol–water partition coefficient (Wildman–Crippen LogP) is 2.95. The lowest BCUT2D eigenvalue weighted by molar-refractivity contribution is 0.218. The number of hydrogen-bond donors (Lipinski definition) is 1. The standard InChI is InChI=1S/C18H20O5/c1-20-14-8-13(9-15(11-14)21-2)18(19)12-4-5-16-17(10-12)23-7-3-6-22-16/h4-5,8-11,18-19H,3,6-7H2,1-2H3/t18-/m0/s1. The second-order valence-electron chi connectivity index (χ2n) is 5.31. The van der Waals surface area contributed by atoms with Gasteiger partial charge in [-0.2, -0.15) is 0 Å². The van der Waals surface area contributed by atoms with Crippen LogP contribution in [0.15, 0.2) is 36.4 Å². The Morgan fingerprint density at radius 2 is 1.52 bits per heavy atom. The van der Waals surface area contributed by atoms with Crippen LogP contribution in [-0.4, -0.2) is 32.5 Å². The van der Waals surface area contributed by atoms with Crippen molar-refractivity contribution in [1.82, 2.24) is 0 Å². The van der Waals surface area contributed by atoms with E-state index in [0.29, 0.717) is 41.8 Å². The van der Waals surface area contributed by atoms with Crippen LogP contribution in [0.2, 0.25) is 0 Å². The molecule has 0 fully saturated rings. The molecule has 0 aromatic heterocycles. The zero-order chi connectivity index (χ0) is 16.2. The molecule has 0 saturated heterocycles. The molecule has 5 nitrogen and oxygen atoms in total. The van der Waals surface area contributed by atoms with Crippen molar-refractivity contribution >= 4 is 0 Å². The highest BCUT2D eigenvalue weighted by Gasteiger charge is 2.17. The summed E-state index contributed by atoms with van der Waals surface area (Å²) in [4.78, 5) is 0. The van der Waals surface area contributed by atoms with Crippen LogP contribution in [0, 0.1) is 0 Å². The summed E-state index contributed by atoms with van der Waals surface area (Å²) in [6, 6.07) is 10.8. The van der Waals surface area contributed by atoms with Gasteiger partial charge in [0.1, 0.15) is 17.6 Å². The van der Waals surface area contributed by atoms with Crippen molar-refractivity contribution in [3.63, 3.8) is 0 Å². The van der Waals surface area contributed by atoms with Crippen molar-refractivity contribution in [3.8, 4) is 23.0 Å². The summed E-state index contributed by atoms with van der Waals surface area (Å²) >= 11 is 0. The van der Waals surface area contributed by atoms with E-state index in [1.54, 1.807) is 32.4 Å². The Balaban J connectivity index is 1.93. The monoisotopic (exact) mass is 316 g/mol. The van der Waals surface area contributed by atoms with E-state index in [-0.39, 0.29) is 0 Å². The molecule has 1 aliphatic heterocycles. The van der Waals surface area contributed by atoms with Gasteiger partial charge in [0.05, 0.1) is 27.4 Å². The molecule has 3 rings (SSSR count). The van der Waals surface area contributed by atoms with Gasteiger partial charge in [0.15, 0.2) is 11.5 Å².